The van der Waals surface area contributed by atoms with Gasteiger partial charge in [-0.15, -0.1) is 0 Å². The average Bonchev–Trinajstić information content (AvgIpc) is 2.28. The van der Waals surface area contributed by atoms with Gasteiger partial charge in [0.05, 0.1) is 5.41 Å². The largest absolute Gasteiger partial charge is 0.326 e. The van der Waals surface area contributed by atoms with Crippen LogP contribution >= 0.6 is 15.9 Å². The van der Waals surface area contributed by atoms with Crippen molar-refractivity contribution >= 4 is 27.5 Å². The number of nitrogens with one attached hydrogen (secondary N) is 2. The number of rotatable bonds is 2. The summed E-state index contributed by atoms with van der Waals surface area (Å²) >= 11 is 3.45. The number of aryl methyl sites for hydroxylation is 1. The number of carbonyl (C=O) groups excluding carboxylic acids is 1. The van der Waals surface area contributed by atoms with Gasteiger partial charge in [0.15, 0.2) is 0 Å². The molecule has 1 amide bonds. The first-order valence-corrected chi connectivity index (χ1v) is 7.08. The number of hydrogen-bond donors (Lipinski definition) is 2. The summed E-state index contributed by atoms with van der Waals surface area (Å²) in [5.41, 5.74) is 1.69. The van der Waals surface area contributed by atoms with Crippen LogP contribution in [-0.4, -0.2) is 19.0 Å². The van der Waals surface area contributed by atoms with Gasteiger partial charge in [0.25, 0.3) is 0 Å². The molecule has 1 aliphatic rings. The Morgan fingerprint density at radius 1 is 1.44 bits per heavy atom. The van der Waals surface area contributed by atoms with Crippen LogP contribution in [0.25, 0.3) is 0 Å². The number of halogens is 1. The quantitative estimate of drug-likeness (QED) is 0.881. The van der Waals surface area contributed by atoms with E-state index >= 15 is 0 Å². The molecule has 1 aromatic carbocycles. The molecule has 2 rings (SSSR count). The second kappa shape index (κ2) is 5.41. The lowest BCUT2D eigenvalue weighted by atomic mass is 9.82. The minimum atomic E-state index is -0.297. The molecule has 1 aromatic rings. The molecule has 1 aliphatic heterocycles. The second-order valence-corrected chi connectivity index (χ2v) is 6.23. The van der Waals surface area contributed by atoms with E-state index < -0.39 is 0 Å². The van der Waals surface area contributed by atoms with Crippen LogP contribution in [0.4, 0.5) is 5.69 Å². The van der Waals surface area contributed by atoms with Crippen LogP contribution in [0.2, 0.25) is 0 Å². The number of amides is 1. The molecule has 0 radical (unpaired) electrons. The number of benzene rings is 1. The van der Waals surface area contributed by atoms with Crippen molar-refractivity contribution in [3.63, 3.8) is 0 Å². The molecule has 2 N–H and O–H groups in total. The Hall–Kier alpha value is -0.870. The topological polar surface area (TPSA) is 41.1 Å². The van der Waals surface area contributed by atoms with Gasteiger partial charge in [-0.2, -0.15) is 0 Å². The predicted octanol–water partition coefficient (Wildman–Crippen LogP) is 3.09. The minimum Gasteiger partial charge on any atom is -0.326 e. The molecule has 1 heterocycles. The van der Waals surface area contributed by atoms with Crippen LogP contribution in [0.3, 0.4) is 0 Å². The zero-order valence-electron chi connectivity index (χ0n) is 10.8. The molecule has 1 fully saturated rings. The molecule has 0 bridgehead atoms. The van der Waals surface area contributed by atoms with Gasteiger partial charge in [0.1, 0.15) is 0 Å². The first kappa shape index (κ1) is 13.6. The van der Waals surface area contributed by atoms with Gasteiger partial charge in [0, 0.05) is 16.7 Å². The van der Waals surface area contributed by atoms with Crippen molar-refractivity contribution in [2.75, 3.05) is 18.4 Å². The van der Waals surface area contributed by atoms with Crippen molar-refractivity contribution in [3.8, 4) is 0 Å². The zero-order chi connectivity index (χ0) is 13.2. The normalized spacial score (nSPS) is 23.7. The Labute approximate surface area is 116 Å². The van der Waals surface area contributed by atoms with Gasteiger partial charge in [-0.25, -0.2) is 0 Å². The number of carbonyl (C=O) groups is 1. The molecule has 0 saturated carbocycles. The number of piperidine rings is 1. The summed E-state index contributed by atoms with van der Waals surface area (Å²) in [5, 5.41) is 6.32. The summed E-state index contributed by atoms with van der Waals surface area (Å²) in [7, 11) is 0. The van der Waals surface area contributed by atoms with E-state index in [2.05, 4.69) is 26.6 Å². The van der Waals surface area contributed by atoms with Crippen LogP contribution in [-0.2, 0) is 4.79 Å². The van der Waals surface area contributed by atoms with E-state index in [9.17, 15) is 4.79 Å². The lowest BCUT2D eigenvalue weighted by Gasteiger charge is -2.32. The zero-order valence-corrected chi connectivity index (χ0v) is 12.4. The molecule has 1 atom stereocenters. The first-order chi connectivity index (χ1) is 8.49. The Bertz CT molecular complexity index is 433. The highest BCUT2D eigenvalue weighted by atomic mass is 79.9. The SMILES string of the molecule is Cc1cc(Br)cc(NC(=O)C2(C)CCCNC2)c1. The lowest BCUT2D eigenvalue weighted by Crippen LogP contribution is -2.46. The van der Waals surface area contributed by atoms with Crippen LogP contribution in [0.15, 0.2) is 22.7 Å². The van der Waals surface area contributed by atoms with Crippen molar-refractivity contribution in [2.45, 2.75) is 26.7 Å². The van der Waals surface area contributed by atoms with Gasteiger partial charge in [-0.1, -0.05) is 15.9 Å². The highest BCUT2D eigenvalue weighted by molar-refractivity contribution is 9.10. The highest BCUT2D eigenvalue weighted by Crippen LogP contribution is 2.28. The molecule has 3 nitrogen and oxygen atoms in total. The summed E-state index contributed by atoms with van der Waals surface area (Å²) < 4.78 is 0.990. The molecule has 1 unspecified atom stereocenters. The highest BCUT2D eigenvalue weighted by Gasteiger charge is 2.34. The molecule has 1 saturated heterocycles. The van der Waals surface area contributed by atoms with Gasteiger partial charge in [-0.05, 0) is 57.0 Å². The summed E-state index contributed by atoms with van der Waals surface area (Å²) in [4.78, 5) is 12.3. The molecule has 0 aromatic heterocycles. The number of anilines is 1. The molecule has 18 heavy (non-hydrogen) atoms. The van der Waals surface area contributed by atoms with Gasteiger partial charge >= 0.3 is 0 Å². The standard InChI is InChI=1S/C14H19BrN2O/c1-10-6-11(15)8-12(7-10)17-13(18)14(2)4-3-5-16-9-14/h6-8,16H,3-5,9H2,1-2H3,(H,17,18). The van der Waals surface area contributed by atoms with E-state index in [0.29, 0.717) is 0 Å². The Morgan fingerprint density at radius 2 is 2.22 bits per heavy atom. The third kappa shape index (κ3) is 3.12. The smallest absolute Gasteiger partial charge is 0.231 e. The Kier molecular flexibility index (Phi) is 4.07. The van der Waals surface area contributed by atoms with Gasteiger partial charge in [-0.3, -0.25) is 4.79 Å². The fourth-order valence-electron chi connectivity index (χ4n) is 2.34. The molecular formula is C14H19BrN2O. The van der Waals surface area contributed by atoms with E-state index in [-0.39, 0.29) is 11.3 Å². The maximum atomic E-state index is 12.3. The Morgan fingerprint density at radius 3 is 2.83 bits per heavy atom. The lowest BCUT2D eigenvalue weighted by molar-refractivity contribution is -0.125. The maximum absolute atomic E-state index is 12.3. The third-order valence-electron chi connectivity index (χ3n) is 3.45. The van der Waals surface area contributed by atoms with Crippen molar-refractivity contribution < 1.29 is 4.79 Å². The summed E-state index contributed by atoms with van der Waals surface area (Å²) in [6.07, 6.45) is 2.00. The minimum absolute atomic E-state index is 0.104. The molecule has 0 spiro atoms. The van der Waals surface area contributed by atoms with Crippen molar-refractivity contribution in [2.24, 2.45) is 5.41 Å². The maximum Gasteiger partial charge on any atom is 0.231 e. The first-order valence-electron chi connectivity index (χ1n) is 6.29. The molecular weight excluding hydrogens is 292 g/mol. The van der Waals surface area contributed by atoms with E-state index in [1.165, 1.54) is 0 Å². The van der Waals surface area contributed by atoms with Crippen molar-refractivity contribution in [1.29, 1.82) is 0 Å². The fourth-order valence-corrected chi connectivity index (χ4v) is 2.95. The summed E-state index contributed by atoms with van der Waals surface area (Å²) in [6, 6.07) is 5.95. The van der Waals surface area contributed by atoms with E-state index in [1.54, 1.807) is 0 Å². The average molecular weight is 311 g/mol. The second-order valence-electron chi connectivity index (χ2n) is 5.31. The summed E-state index contributed by atoms with van der Waals surface area (Å²) in [5.74, 6) is 0.104. The predicted molar refractivity (Wildman–Crippen MR) is 77.7 cm³/mol. The number of hydrogen-bond acceptors (Lipinski definition) is 2. The van der Waals surface area contributed by atoms with E-state index in [4.69, 9.17) is 0 Å². The molecule has 98 valence electrons. The van der Waals surface area contributed by atoms with Gasteiger partial charge in [0.2, 0.25) is 5.91 Å². The molecule has 0 aliphatic carbocycles. The van der Waals surface area contributed by atoms with Crippen molar-refractivity contribution in [3.05, 3.63) is 28.2 Å². The van der Waals surface area contributed by atoms with Crippen LogP contribution in [0.1, 0.15) is 25.3 Å². The molecule has 4 heteroatoms. The fraction of sp³-hybridized carbons (Fsp3) is 0.500. The van der Waals surface area contributed by atoms with E-state index in [0.717, 1.165) is 41.7 Å². The third-order valence-corrected chi connectivity index (χ3v) is 3.90. The van der Waals surface area contributed by atoms with Crippen LogP contribution < -0.4 is 10.6 Å². The van der Waals surface area contributed by atoms with Crippen LogP contribution in [0, 0.1) is 12.3 Å². The summed E-state index contributed by atoms with van der Waals surface area (Å²) in [6.45, 7) is 5.81. The van der Waals surface area contributed by atoms with Crippen LogP contribution in [0.5, 0.6) is 0 Å². The monoisotopic (exact) mass is 310 g/mol. The van der Waals surface area contributed by atoms with Gasteiger partial charge < -0.3 is 10.6 Å². The van der Waals surface area contributed by atoms with E-state index in [1.807, 2.05) is 32.0 Å². The Balaban J connectivity index is 2.10. The van der Waals surface area contributed by atoms with Crippen molar-refractivity contribution in [1.82, 2.24) is 5.32 Å².